The van der Waals surface area contributed by atoms with Gasteiger partial charge >= 0.3 is 5.97 Å². The van der Waals surface area contributed by atoms with Crippen molar-refractivity contribution in [2.24, 2.45) is 10.3 Å². The highest BCUT2D eigenvalue weighted by Gasteiger charge is 2.22. The zero-order valence-electron chi connectivity index (χ0n) is 14.6. The van der Waals surface area contributed by atoms with E-state index in [1.54, 1.807) is 0 Å². The first-order chi connectivity index (χ1) is 13.8. The Bertz CT molecular complexity index is 968. The minimum Gasteiger partial charge on any atom is -0.479 e. The number of aromatic nitrogens is 2. The molecule has 29 heavy (non-hydrogen) atoms. The van der Waals surface area contributed by atoms with Gasteiger partial charge in [0, 0.05) is 10.8 Å². The number of carboxylic acid groups (broad SMARTS) is 1. The third-order valence-corrected chi connectivity index (χ3v) is 4.12. The fourth-order valence-electron chi connectivity index (χ4n) is 1.68. The van der Waals surface area contributed by atoms with Gasteiger partial charge in [-0.3, -0.25) is 20.4 Å². The molecule has 2 aromatic heterocycles. The fraction of sp³-hybridized carbons (Fsp3) is 0.154. The predicted octanol–water partition coefficient (Wildman–Crippen LogP) is -1.23. The van der Waals surface area contributed by atoms with Crippen molar-refractivity contribution >= 4 is 62.1 Å². The highest BCUT2D eigenvalue weighted by molar-refractivity contribution is 7.14. The molecule has 154 valence electrons. The summed E-state index contributed by atoms with van der Waals surface area (Å²) in [6, 6.07) is 0. The summed E-state index contributed by atoms with van der Waals surface area (Å²) in [5.41, 5.74) is 14.7. The number of oxime groups is 2. The lowest BCUT2D eigenvalue weighted by atomic mass is 10.3. The average Bonchev–Trinajstić information content (AvgIpc) is 3.29. The molecule has 0 saturated carbocycles. The zero-order valence-corrected chi connectivity index (χ0v) is 16.2. The van der Waals surface area contributed by atoms with Crippen LogP contribution in [0.2, 0.25) is 0 Å². The number of aliphatic carboxylic acids is 1. The van der Waals surface area contributed by atoms with Gasteiger partial charge in [-0.1, -0.05) is 10.3 Å². The van der Waals surface area contributed by atoms with Crippen molar-refractivity contribution in [2.45, 2.75) is 0 Å². The molecule has 2 aromatic rings. The molecule has 0 aliphatic heterocycles. The summed E-state index contributed by atoms with van der Waals surface area (Å²) in [7, 11) is 1.22. The number of hydrogen-bond acceptors (Lipinski definition) is 13. The molecule has 2 rings (SSSR count). The zero-order chi connectivity index (χ0) is 21.4. The maximum Gasteiger partial charge on any atom is 0.344 e. The summed E-state index contributed by atoms with van der Waals surface area (Å²) in [4.78, 5) is 52.2. The lowest BCUT2D eigenvalue weighted by molar-refractivity contribution is -0.142. The summed E-state index contributed by atoms with van der Waals surface area (Å²) in [5, 5.41) is 18.8. The second-order valence-corrected chi connectivity index (χ2v) is 6.56. The number of nitrogens with zero attached hydrogens (tertiary/aromatic N) is 4. The molecular weight excluding hydrogens is 428 g/mol. The summed E-state index contributed by atoms with van der Waals surface area (Å²) in [5.74, 6) is -3.12. The largest absolute Gasteiger partial charge is 0.479 e. The number of thiazole rings is 2. The van der Waals surface area contributed by atoms with Crippen LogP contribution in [0, 0.1) is 0 Å². The first-order valence-electron chi connectivity index (χ1n) is 7.38. The number of anilines is 2. The van der Waals surface area contributed by atoms with E-state index in [0.717, 1.165) is 22.7 Å². The van der Waals surface area contributed by atoms with Gasteiger partial charge in [-0.05, 0) is 0 Å². The van der Waals surface area contributed by atoms with Crippen molar-refractivity contribution in [1.82, 2.24) is 20.8 Å². The van der Waals surface area contributed by atoms with Crippen LogP contribution in [0.5, 0.6) is 0 Å². The van der Waals surface area contributed by atoms with E-state index in [1.807, 2.05) is 0 Å². The van der Waals surface area contributed by atoms with Crippen LogP contribution in [0.15, 0.2) is 21.1 Å². The summed E-state index contributed by atoms with van der Waals surface area (Å²) < 4.78 is 0. The van der Waals surface area contributed by atoms with Gasteiger partial charge in [0.1, 0.15) is 18.5 Å². The number of carbonyl (C=O) groups is 3. The molecule has 0 unspecified atom stereocenters. The third kappa shape index (κ3) is 6.11. The number of rotatable bonds is 8. The molecule has 0 aromatic carbocycles. The van der Waals surface area contributed by atoms with Gasteiger partial charge in [0.2, 0.25) is 6.61 Å². The molecule has 0 aliphatic carbocycles. The summed E-state index contributed by atoms with van der Waals surface area (Å²) >= 11 is 2.09. The van der Waals surface area contributed by atoms with Crippen molar-refractivity contribution in [1.29, 1.82) is 0 Å². The lowest BCUT2D eigenvalue weighted by Crippen LogP contribution is -2.48. The van der Waals surface area contributed by atoms with E-state index < -0.39 is 30.1 Å². The molecule has 0 saturated heterocycles. The van der Waals surface area contributed by atoms with Crippen molar-refractivity contribution in [3.8, 4) is 0 Å². The third-order valence-electron chi connectivity index (χ3n) is 2.78. The van der Waals surface area contributed by atoms with Gasteiger partial charge in [-0.2, -0.15) is 0 Å². The summed E-state index contributed by atoms with van der Waals surface area (Å²) in [6.45, 7) is -0.793. The van der Waals surface area contributed by atoms with Crippen LogP contribution in [0.25, 0.3) is 0 Å². The van der Waals surface area contributed by atoms with Gasteiger partial charge in [-0.25, -0.2) is 14.8 Å². The molecule has 0 aliphatic rings. The topological polar surface area (TPSA) is 216 Å². The van der Waals surface area contributed by atoms with Gasteiger partial charge in [0.25, 0.3) is 11.8 Å². The van der Waals surface area contributed by atoms with E-state index >= 15 is 0 Å². The van der Waals surface area contributed by atoms with E-state index in [2.05, 4.69) is 40.8 Å². The lowest BCUT2D eigenvalue weighted by Gasteiger charge is -2.08. The molecule has 2 amide bonds. The van der Waals surface area contributed by atoms with Crippen molar-refractivity contribution < 1.29 is 29.2 Å². The number of nitrogens with one attached hydrogen (secondary N) is 2. The molecule has 16 heteroatoms. The number of nitrogens with two attached hydrogens (primary N) is 2. The number of hydrogen-bond donors (Lipinski definition) is 5. The Morgan fingerprint density at radius 3 is 1.90 bits per heavy atom. The number of carboxylic acids is 1. The Morgan fingerprint density at radius 2 is 1.52 bits per heavy atom. The SMILES string of the molecule is CON=C(C(=O)NNC(=O)C(=NOCC(=O)O)c1csc(N)n1)c1csc(N)n1. The van der Waals surface area contributed by atoms with Crippen LogP contribution in [-0.4, -0.2) is 58.0 Å². The molecular formula is C13H14N8O6S2. The quantitative estimate of drug-likeness (QED) is 0.242. The maximum absolute atomic E-state index is 12.4. The van der Waals surface area contributed by atoms with E-state index in [1.165, 1.54) is 17.9 Å². The van der Waals surface area contributed by atoms with Crippen LogP contribution in [-0.2, 0) is 24.1 Å². The van der Waals surface area contributed by atoms with E-state index in [-0.39, 0.29) is 27.4 Å². The number of hydrazine groups is 1. The molecule has 2 heterocycles. The molecule has 0 spiro atoms. The monoisotopic (exact) mass is 442 g/mol. The van der Waals surface area contributed by atoms with E-state index in [0.29, 0.717) is 0 Å². The standard InChI is InChI=1S/C13H14N8O6S2/c1-26-20-8(5-3-28-12(14)16-5)10(24)18-19-11(25)9(21-27-2-7(22)23)6-4-29-13(15)17-6/h3-4H,2H2,1H3,(H2,14,16)(H2,15,17)(H,18,24)(H,19,25)(H,22,23). The fourth-order valence-corrected chi connectivity index (χ4v) is 2.77. The first kappa shape index (κ1) is 21.5. The Balaban J connectivity index is 2.12. The Kier molecular flexibility index (Phi) is 7.38. The molecule has 0 bridgehead atoms. The Hall–Kier alpha value is -3.79. The molecule has 0 atom stereocenters. The van der Waals surface area contributed by atoms with Crippen molar-refractivity contribution in [3.05, 3.63) is 22.1 Å². The highest BCUT2D eigenvalue weighted by Crippen LogP contribution is 2.13. The van der Waals surface area contributed by atoms with Gasteiger partial charge in [0.05, 0.1) is 0 Å². The highest BCUT2D eigenvalue weighted by atomic mass is 32.1. The van der Waals surface area contributed by atoms with Gasteiger partial charge < -0.3 is 26.2 Å². The normalized spacial score (nSPS) is 11.6. The van der Waals surface area contributed by atoms with E-state index in [4.69, 9.17) is 16.6 Å². The van der Waals surface area contributed by atoms with Crippen LogP contribution in [0.3, 0.4) is 0 Å². The van der Waals surface area contributed by atoms with Gasteiger partial charge in [-0.15, -0.1) is 22.7 Å². The second-order valence-electron chi connectivity index (χ2n) is 4.78. The number of nitrogen functional groups attached to an aromatic ring is 2. The average molecular weight is 442 g/mol. The minimum absolute atomic E-state index is 0.0164. The van der Waals surface area contributed by atoms with Crippen molar-refractivity contribution in [2.75, 3.05) is 25.2 Å². The Morgan fingerprint density at radius 1 is 1.03 bits per heavy atom. The Labute approximate surface area is 170 Å². The predicted molar refractivity (Wildman–Crippen MR) is 103 cm³/mol. The summed E-state index contributed by atoms with van der Waals surface area (Å²) in [6.07, 6.45) is 0. The smallest absolute Gasteiger partial charge is 0.344 e. The van der Waals surface area contributed by atoms with Crippen molar-refractivity contribution in [3.63, 3.8) is 0 Å². The van der Waals surface area contributed by atoms with E-state index in [9.17, 15) is 14.4 Å². The molecule has 0 fully saturated rings. The minimum atomic E-state index is -1.30. The van der Waals surface area contributed by atoms with Crippen LogP contribution in [0.4, 0.5) is 10.3 Å². The number of amides is 2. The second kappa shape index (κ2) is 9.95. The number of carbonyl (C=O) groups excluding carboxylic acids is 2. The van der Waals surface area contributed by atoms with Crippen LogP contribution in [0.1, 0.15) is 11.4 Å². The molecule has 14 nitrogen and oxygen atoms in total. The van der Waals surface area contributed by atoms with Gasteiger partial charge in [0.15, 0.2) is 21.7 Å². The molecule has 0 radical (unpaired) electrons. The molecule has 7 N–H and O–H groups in total. The van der Waals surface area contributed by atoms with Crippen LogP contribution >= 0.6 is 22.7 Å². The maximum atomic E-state index is 12.4. The van der Waals surface area contributed by atoms with Crippen LogP contribution < -0.4 is 22.3 Å². The first-order valence-corrected chi connectivity index (χ1v) is 9.14.